The van der Waals surface area contributed by atoms with E-state index in [0.717, 1.165) is 50.1 Å². The molecule has 0 bridgehead atoms. The van der Waals surface area contributed by atoms with Crippen molar-refractivity contribution in [3.8, 4) is 0 Å². The van der Waals surface area contributed by atoms with E-state index in [9.17, 15) is 4.79 Å². The number of hydrogen-bond acceptors (Lipinski definition) is 4. The Morgan fingerprint density at radius 1 is 1.31 bits per heavy atom. The third kappa shape index (κ3) is 3.23. The Bertz CT molecular complexity index is 787. The quantitative estimate of drug-likeness (QED) is 0.884. The van der Waals surface area contributed by atoms with Crippen LogP contribution in [0.25, 0.3) is 11.0 Å². The first-order chi connectivity index (χ1) is 12.7. The van der Waals surface area contributed by atoms with Crippen LogP contribution in [0, 0.1) is 5.41 Å². The summed E-state index contributed by atoms with van der Waals surface area (Å²) in [4.78, 5) is 17.8. The van der Waals surface area contributed by atoms with E-state index in [-0.39, 0.29) is 5.91 Å². The first kappa shape index (κ1) is 17.5. The summed E-state index contributed by atoms with van der Waals surface area (Å²) in [6.45, 7) is 3.20. The summed E-state index contributed by atoms with van der Waals surface area (Å²) < 4.78 is 7.72. The second-order valence-corrected chi connectivity index (χ2v) is 7.61. The van der Waals surface area contributed by atoms with Crippen LogP contribution in [0.2, 0.25) is 0 Å². The van der Waals surface area contributed by atoms with Crippen molar-refractivity contribution in [1.82, 2.24) is 14.9 Å². The molecule has 26 heavy (non-hydrogen) atoms. The van der Waals surface area contributed by atoms with E-state index in [1.807, 2.05) is 12.1 Å². The fourth-order valence-electron chi connectivity index (χ4n) is 4.31. The fourth-order valence-corrected chi connectivity index (χ4v) is 4.31. The maximum absolute atomic E-state index is 13.0. The largest absolute Gasteiger partial charge is 0.384 e. The Morgan fingerprint density at radius 3 is 2.96 bits per heavy atom. The van der Waals surface area contributed by atoms with Crippen molar-refractivity contribution in [3.05, 3.63) is 24.0 Å². The van der Waals surface area contributed by atoms with Gasteiger partial charge in [-0.2, -0.15) is 0 Å². The molecule has 6 nitrogen and oxygen atoms in total. The summed E-state index contributed by atoms with van der Waals surface area (Å²) in [6.07, 6.45) is 6.34. The van der Waals surface area contributed by atoms with E-state index in [4.69, 9.17) is 9.72 Å². The highest BCUT2D eigenvalue weighted by Crippen LogP contribution is 2.31. The molecule has 2 aromatic rings. The standard InChI is InChI=1S/C20H28N4O2/c1-26-14-20(8-10-21-11-9-20)19(25)22-15-6-7-17-16(13-15)23-18-5-3-2-4-12-24(17)18/h6-7,13,21H,2-5,8-12,14H2,1H3,(H,22,25). The number of rotatable bonds is 4. The van der Waals surface area contributed by atoms with E-state index < -0.39 is 5.41 Å². The molecule has 0 spiro atoms. The molecular weight excluding hydrogens is 328 g/mol. The average Bonchev–Trinajstić information content (AvgIpc) is 2.83. The van der Waals surface area contributed by atoms with E-state index >= 15 is 0 Å². The Labute approximate surface area is 154 Å². The Balaban J connectivity index is 1.57. The van der Waals surface area contributed by atoms with Gasteiger partial charge in [0.1, 0.15) is 5.82 Å². The zero-order valence-corrected chi connectivity index (χ0v) is 15.5. The average molecular weight is 356 g/mol. The van der Waals surface area contributed by atoms with Crippen molar-refractivity contribution in [2.45, 2.75) is 45.1 Å². The van der Waals surface area contributed by atoms with Crippen molar-refractivity contribution >= 4 is 22.6 Å². The van der Waals surface area contributed by atoms with Gasteiger partial charge in [-0.15, -0.1) is 0 Å². The molecule has 2 aliphatic heterocycles. The van der Waals surface area contributed by atoms with Gasteiger partial charge in [-0.3, -0.25) is 4.79 Å². The molecule has 1 fully saturated rings. The summed E-state index contributed by atoms with van der Waals surface area (Å²) in [6, 6.07) is 6.11. The molecule has 0 aliphatic carbocycles. The number of ether oxygens (including phenoxy) is 1. The number of piperidine rings is 1. The first-order valence-electron chi connectivity index (χ1n) is 9.72. The maximum atomic E-state index is 13.0. The van der Waals surface area contributed by atoms with Crippen LogP contribution in [0.15, 0.2) is 18.2 Å². The number of carbonyl (C=O) groups is 1. The van der Waals surface area contributed by atoms with E-state index in [2.05, 4.69) is 21.3 Å². The van der Waals surface area contributed by atoms with Gasteiger partial charge in [0.05, 0.1) is 23.1 Å². The second kappa shape index (κ2) is 7.37. The SMILES string of the molecule is COCC1(C(=O)Nc2ccc3c(c2)nc2n3CCCCC2)CCNCC1. The molecule has 0 radical (unpaired) electrons. The van der Waals surface area contributed by atoms with Crippen molar-refractivity contribution < 1.29 is 9.53 Å². The summed E-state index contributed by atoms with van der Waals surface area (Å²) in [7, 11) is 1.67. The van der Waals surface area contributed by atoms with Gasteiger partial charge in [-0.25, -0.2) is 4.98 Å². The molecule has 1 amide bonds. The van der Waals surface area contributed by atoms with Crippen LogP contribution in [0.3, 0.4) is 0 Å². The number of methoxy groups -OCH3 is 1. The highest BCUT2D eigenvalue weighted by atomic mass is 16.5. The molecule has 2 N–H and O–H groups in total. The van der Waals surface area contributed by atoms with Gasteiger partial charge < -0.3 is 19.9 Å². The lowest BCUT2D eigenvalue weighted by atomic mass is 9.78. The molecule has 1 aromatic carbocycles. The van der Waals surface area contributed by atoms with Crippen molar-refractivity contribution in [2.24, 2.45) is 5.41 Å². The normalized spacial score (nSPS) is 19.7. The topological polar surface area (TPSA) is 68.2 Å². The van der Waals surface area contributed by atoms with Gasteiger partial charge >= 0.3 is 0 Å². The van der Waals surface area contributed by atoms with Crippen LogP contribution >= 0.6 is 0 Å². The summed E-state index contributed by atoms with van der Waals surface area (Å²) >= 11 is 0. The second-order valence-electron chi connectivity index (χ2n) is 7.61. The Hall–Kier alpha value is -1.92. The highest BCUT2D eigenvalue weighted by Gasteiger charge is 2.39. The van der Waals surface area contributed by atoms with E-state index in [0.29, 0.717) is 6.61 Å². The number of aryl methyl sites for hydroxylation is 2. The molecule has 0 unspecified atom stereocenters. The van der Waals surface area contributed by atoms with Gasteiger partial charge in [0.15, 0.2) is 0 Å². The van der Waals surface area contributed by atoms with Gasteiger partial charge in [-0.05, 0) is 57.0 Å². The lowest BCUT2D eigenvalue weighted by Gasteiger charge is -2.35. The van der Waals surface area contributed by atoms with Gasteiger partial charge in [0.2, 0.25) is 5.91 Å². The van der Waals surface area contributed by atoms with Crippen LogP contribution in [0.4, 0.5) is 5.69 Å². The van der Waals surface area contributed by atoms with Crippen molar-refractivity contribution in [2.75, 3.05) is 32.1 Å². The molecular formula is C20H28N4O2. The minimum Gasteiger partial charge on any atom is -0.384 e. The number of nitrogens with zero attached hydrogens (tertiary/aromatic N) is 2. The molecule has 3 heterocycles. The molecule has 1 saturated heterocycles. The number of anilines is 1. The minimum atomic E-state index is -0.444. The van der Waals surface area contributed by atoms with Crippen molar-refractivity contribution in [1.29, 1.82) is 0 Å². The third-order valence-corrected chi connectivity index (χ3v) is 5.83. The van der Waals surface area contributed by atoms with E-state index in [1.54, 1.807) is 7.11 Å². The zero-order valence-electron chi connectivity index (χ0n) is 15.5. The van der Waals surface area contributed by atoms with Crippen LogP contribution < -0.4 is 10.6 Å². The summed E-state index contributed by atoms with van der Waals surface area (Å²) in [5, 5.41) is 6.45. The molecule has 1 aromatic heterocycles. The molecule has 2 aliphatic rings. The van der Waals surface area contributed by atoms with Crippen LogP contribution in [0.5, 0.6) is 0 Å². The minimum absolute atomic E-state index is 0.0565. The molecule has 6 heteroatoms. The van der Waals surface area contributed by atoms with E-state index in [1.165, 1.54) is 30.6 Å². The van der Waals surface area contributed by atoms with Crippen LogP contribution in [0.1, 0.15) is 37.9 Å². The number of nitrogens with one attached hydrogen (secondary N) is 2. The van der Waals surface area contributed by atoms with Gasteiger partial charge in [-0.1, -0.05) is 6.42 Å². The smallest absolute Gasteiger partial charge is 0.233 e. The predicted molar refractivity (Wildman–Crippen MR) is 102 cm³/mol. The monoisotopic (exact) mass is 356 g/mol. The Kier molecular flexibility index (Phi) is 4.96. The molecule has 0 atom stereocenters. The lowest BCUT2D eigenvalue weighted by molar-refractivity contribution is -0.130. The predicted octanol–water partition coefficient (Wildman–Crippen LogP) is 2.72. The number of imidazole rings is 1. The number of aromatic nitrogens is 2. The number of carbonyl (C=O) groups excluding carboxylic acids is 1. The molecule has 140 valence electrons. The van der Waals surface area contributed by atoms with Crippen molar-refractivity contribution in [3.63, 3.8) is 0 Å². The molecule has 0 saturated carbocycles. The summed E-state index contributed by atoms with van der Waals surface area (Å²) in [5.41, 5.74) is 2.53. The zero-order chi connectivity index (χ0) is 18.0. The highest BCUT2D eigenvalue weighted by molar-refractivity contribution is 5.97. The van der Waals surface area contributed by atoms with Crippen LogP contribution in [-0.2, 0) is 22.5 Å². The lowest BCUT2D eigenvalue weighted by Crippen LogP contribution is -2.47. The number of hydrogen-bond donors (Lipinski definition) is 2. The molecule has 4 rings (SSSR count). The fraction of sp³-hybridized carbons (Fsp3) is 0.600. The third-order valence-electron chi connectivity index (χ3n) is 5.83. The number of amides is 1. The maximum Gasteiger partial charge on any atom is 0.233 e. The van der Waals surface area contributed by atoms with Gasteiger partial charge in [0, 0.05) is 25.8 Å². The van der Waals surface area contributed by atoms with Crippen LogP contribution in [-0.4, -0.2) is 42.3 Å². The number of fused-ring (bicyclic) bond motifs is 3. The van der Waals surface area contributed by atoms with Gasteiger partial charge in [0.25, 0.3) is 0 Å². The summed E-state index contributed by atoms with van der Waals surface area (Å²) in [5.74, 6) is 1.23. The first-order valence-corrected chi connectivity index (χ1v) is 9.72. The number of benzene rings is 1. The Morgan fingerprint density at radius 2 is 2.15 bits per heavy atom.